The van der Waals surface area contributed by atoms with Crippen molar-refractivity contribution in [2.45, 2.75) is 88.9 Å². The SMILES string of the molecule is C[C@]1(C(=O)NC2CCCCCCC2)Cn2c(nc3ccccc32)C(=O)N1C[C@H]1CCCO1. The Hall–Kier alpha value is -2.41. The lowest BCUT2D eigenvalue weighted by atomic mass is 9.92. The molecule has 1 aromatic heterocycles. The summed E-state index contributed by atoms with van der Waals surface area (Å²) in [5.74, 6) is 0.177. The second-order valence-electron chi connectivity index (χ2n) is 9.85. The number of nitrogens with zero attached hydrogens (tertiary/aromatic N) is 3. The van der Waals surface area contributed by atoms with Crippen LogP contribution >= 0.6 is 0 Å². The Morgan fingerprint density at radius 3 is 2.62 bits per heavy atom. The maximum Gasteiger partial charge on any atom is 0.290 e. The van der Waals surface area contributed by atoms with E-state index in [0.29, 0.717) is 18.9 Å². The number of para-hydroxylation sites is 2. The average molecular weight is 439 g/mol. The van der Waals surface area contributed by atoms with Crippen molar-refractivity contribution in [3.63, 3.8) is 0 Å². The fourth-order valence-corrected chi connectivity index (χ4v) is 5.55. The van der Waals surface area contributed by atoms with E-state index >= 15 is 0 Å². The van der Waals surface area contributed by atoms with Crippen LogP contribution in [0.4, 0.5) is 0 Å². The normalized spacial score (nSPS) is 27.2. The third kappa shape index (κ3) is 3.91. The van der Waals surface area contributed by atoms with Gasteiger partial charge in [-0.15, -0.1) is 0 Å². The van der Waals surface area contributed by atoms with Crippen molar-refractivity contribution >= 4 is 22.8 Å². The number of nitrogens with one attached hydrogen (secondary N) is 1. The van der Waals surface area contributed by atoms with Gasteiger partial charge in [-0.1, -0.05) is 44.2 Å². The van der Waals surface area contributed by atoms with Crippen molar-refractivity contribution in [1.82, 2.24) is 19.8 Å². The topological polar surface area (TPSA) is 76.5 Å². The number of hydrogen-bond donors (Lipinski definition) is 1. The molecule has 0 spiro atoms. The molecule has 0 radical (unpaired) electrons. The summed E-state index contributed by atoms with van der Waals surface area (Å²) in [6.07, 6.45) is 9.97. The predicted molar refractivity (Wildman–Crippen MR) is 122 cm³/mol. The van der Waals surface area contributed by atoms with E-state index in [9.17, 15) is 9.59 Å². The van der Waals surface area contributed by atoms with Gasteiger partial charge in [0.15, 0.2) is 5.82 Å². The predicted octanol–water partition coefficient (Wildman–Crippen LogP) is 3.66. The molecule has 7 heteroatoms. The molecule has 2 amide bonds. The zero-order valence-corrected chi connectivity index (χ0v) is 19.0. The summed E-state index contributed by atoms with van der Waals surface area (Å²) in [6, 6.07) is 7.95. The summed E-state index contributed by atoms with van der Waals surface area (Å²) in [5, 5.41) is 3.34. The van der Waals surface area contributed by atoms with Gasteiger partial charge in [0.25, 0.3) is 5.91 Å². The van der Waals surface area contributed by atoms with Crippen molar-refractivity contribution < 1.29 is 14.3 Å². The molecule has 2 fully saturated rings. The molecule has 1 saturated heterocycles. The van der Waals surface area contributed by atoms with Gasteiger partial charge in [-0.3, -0.25) is 9.59 Å². The minimum absolute atomic E-state index is 0.0246. The van der Waals surface area contributed by atoms with Crippen LogP contribution in [0.3, 0.4) is 0 Å². The minimum Gasteiger partial charge on any atom is -0.376 e. The van der Waals surface area contributed by atoms with Crippen molar-refractivity contribution in [3.05, 3.63) is 30.1 Å². The van der Waals surface area contributed by atoms with E-state index in [1.807, 2.05) is 35.8 Å². The number of rotatable bonds is 4. The van der Waals surface area contributed by atoms with Crippen LogP contribution < -0.4 is 5.32 Å². The van der Waals surface area contributed by atoms with Crippen molar-refractivity contribution in [2.75, 3.05) is 13.2 Å². The fraction of sp³-hybridized carbons (Fsp3) is 0.640. The number of benzene rings is 1. The molecule has 2 aromatic rings. The summed E-state index contributed by atoms with van der Waals surface area (Å²) in [6.45, 7) is 3.46. The lowest BCUT2D eigenvalue weighted by molar-refractivity contribution is -0.134. The van der Waals surface area contributed by atoms with Crippen LogP contribution in [0, 0.1) is 0 Å². The Balaban J connectivity index is 1.47. The zero-order valence-electron chi connectivity index (χ0n) is 19.0. The van der Waals surface area contributed by atoms with Crippen LogP contribution in [0.1, 0.15) is 75.3 Å². The van der Waals surface area contributed by atoms with Crippen LogP contribution in [0.5, 0.6) is 0 Å². The van der Waals surface area contributed by atoms with E-state index in [-0.39, 0.29) is 24.0 Å². The smallest absolute Gasteiger partial charge is 0.290 e. The molecule has 1 N–H and O–H groups in total. The van der Waals surface area contributed by atoms with Crippen molar-refractivity contribution in [1.29, 1.82) is 0 Å². The molecule has 2 aliphatic heterocycles. The molecule has 1 aromatic carbocycles. The van der Waals surface area contributed by atoms with Gasteiger partial charge in [0, 0.05) is 19.2 Å². The van der Waals surface area contributed by atoms with Gasteiger partial charge in [-0.25, -0.2) is 4.98 Å². The summed E-state index contributed by atoms with van der Waals surface area (Å²) >= 11 is 0. The highest BCUT2D eigenvalue weighted by Gasteiger charge is 2.49. The van der Waals surface area contributed by atoms with Gasteiger partial charge in [-0.2, -0.15) is 0 Å². The van der Waals surface area contributed by atoms with Crippen molar-refractivity contribution in [2.24, 2.45) is 0 Å². The largest absolute Gasteiger partial charge is 0.376 e. The Kier molecular flexibility index (Phi) is 5.93. The fourth-order valence-electron chi connectivity index (χ4n) is 5.55. The Bertz CT molecular complexity index is 988. The third-order valence-corrected chi connectivity index (χ3v) is 7.49. The summed E-state index contributed by atoms with van der Waals surface area (Å²) in [7, 11) is 0. The Morgan fingerprint density at radius 2 is 1.88 bits per heavy atom. The maximum atomic E-state index is 13.8. The van der Waals surface area contributed by atoms with E-state index < -0.39 is 5.54 Å². The van der Waals surface area contributed by atoms with E-state index in [1.165, 1.54) is 19.3 Å². The third-order valence-electron chi connectivity index (χ3n) is 7.49. The first-order valence-corrected chi connectivity index (χ1v) is 12.3. The number of ether oxygens (including phenoxy) is 1. The van der Waals surface area contributed by atoms with E-state index in [4.69, 9.17) is 4.74 Å². The molecule has 5 rings (SSSR count). The van der Waals surface area contributed by atoms with Crippen LogP contribution in [-0.2, 0) is 16.1 Å². The van der Waals surface area contributed by atoms with Crippen LogP contribution in [0.2, 0.25) is 0 Å². The second kappa shape index (κ2) is 8.85. The lowest BCUT2D eigenvalue weighted by Crippen LogP contribution is -2.66. The first-order valence-electron chi connectivity index (χ1n) is 12.3. The molecule has 2 atom stereocenters. The average Bonchev–Trinajstić information content (AvgIpc) is 3.41. The second-order valence-corrected chi connectivity index (χ2v) is 9.85. The van der Waals surface area contributed by atoms with E-state index in [0.717, 1.165) is 56.2 Å². The van der Waals surface area contributed by atoms with Crippen LogP contribution in [0.25, 0.3) is 11.0 Å². The molecule has 0 bridgehead atoms. The number of fused-ring (bicyclic) bond motifs is 3. The van der Waals surface area contributed by atoms with E-state index in [2.05, 4.69) is 10.3 Å². The molecule has 172 valence electrons. The molecule has 0 unspecified atom stereocenters. The van der Waals surface area contributed by atoms with Gasteiger partial charge in [0.1, 0.15) is 5.54 Å². The van der Waals surface area contributed by atoms with Gasteiger partial charge in [0.2, 0.25) is 5.91 Å². The standard InChI is InChI=1S/C25H34N4O3/c1-25(24(31)26-18-10-5-3-2-4-6-11-18)17-28-21-14-8-7-13-20(21)27-22(28)23(30)29(25)16-19-12-9-15-32-19/h7-8,13-14,18-19H,2-6,9-12,15-17H2,1H3,(H,26,31)/t19-,25-/m1/s1. The van der Waals surface area contributed by atoms with Crippen LogP contribution in [0.15, 0.2) is 24.3 Å². The molecule has 1 saturated carbocycles. The van der Waals surface area contributed by atoms with Gasteiger partial charge in [0.05, 0.1) is 23.7 Å². The highest BCUT2D eigenvalue weighted by atomic mass is 16.5. The number of hydrogen-bond acceptors (Lipinski definition) is 4. The molecule has 1 aliphatic carbocycles. The van der Waals surface area contributed by atoms with Gasteiger partial charge >= 0.3 is 0 Å². The first kappa shape index (κ1) is 21.4. The molecule has 7 nitrogen and oxygen atoms in total. The van der Waals surface area contributed by atoms with Crippen LogP contribution in [-0.4, -0.2) is 57.1 Å². The Labute approximate surface area is 189 Å². The molecule has 32 heavy (non-hydrogen) atoms. The van der Waals surface area contributed by atoms with Gasteiger partial charge in [-0.05, 0) is 44.7 Å². The quantitative estimate of drug-likeness (QED) is 0.790. The lowest BCUT2D eigenvalue weighted by Gasteiger charge is -2.45. The zero-order chi connectivity index (χ0) is 22.1. The maximum absolute atomic E-state index is 13.8. The molecular weight excluding hydrogens is 404 g/mol. The summed E-state index contributed by atoms with van der Waals surface area (Å²) in [5.41, 5.74) is 0.706. The monoisotopic (exact) mass is 438 g/mol. The summed E-state index contributed by atoms with van der Waals surface area (Å²) in [4.78, 5) is 33.9. The van der Waals surface area contributed by atoms with Gasteiger partial charge < -0.3 is 19.5 Å². The molecule has 3 aliphatic rings. The number of aromatic nitrogens is 2. The number of carbonyl (C=O) groups excluding carboxylic acids is 2. The number of carbonyl (C=O) groups is 2. The van der Waals surface area contributed by atoms with E-state index in [1.54, 1.807) is 4.90 Å². The highest BCUT2D eigenvalue weighted by Crippen LogP contribution is 2.32. The highest BCUT2D eigenvalue weighted by molar-refractivity contribution is 6.01. The number of amides is 2. The number of imidazole rings is 1. The summed E-state index contributed by atoms with van der Waals surface area (Å²) < 4.78 is 7.78. The Morgan fingerprint density at radius 1 is 1.12 bits per heavy atom. The van der Waals surface area contributed by atoms with Crippen molar-refractivity contribution in [3.8, 4) is 0 Å². The minimum atomic E-state index is -0.984. The first-order chi connectivity index (χ1) is 15.6. The molecule has 3 heterocycles. The molecular formula is C25H34N4O3.